The summed E-state index contributed by atoms with van der Waals surface area (Å²) in [5.41, 5.74) is 4.79. The van der Waals surface area contributed by atoms with Gasteiger partial charge in [-0.25, -0.2) is 4.98 Å². The first-order valence-corrected chi connectivity index (χ1v) is 8.13. The molecule has 0 radical (unpaired) electrons. The van der Waals surface area contributed by atoms with Crippen LogP contribution >= 0.6 is 0 Å². The summed E-state index contributed by atoms with van der Waals surface area (Å²) in [6.45, 7) is 8.02. The lowest BCUT2D eigenvalue weighted by molar-refractivity contribution is 0.639. The summed E-state index contributed by atoms with van der Waals surface area (Å²) >= 11 is 0. The quantitative estimate of drug-likeness (QED) is 0.677. The van der Waals surface area contributed by atoms with E-state index in [2.05, 4.69) is 58.7 Å². The van der Waals surface area contributed by atoms with Gasteiger partial charge < -0.3 is 4.98 Å². The van der Waals surface area contributed by atoms with Crippen molar-refractivity contribution in [2.24, 2.45) is 15.9 Å². The molecule has 2 heterocycles. The molecule has 24 heavy (non-hydrogen) atoms. The van der Waals surface area contributed by atoms with Gasteiger partial charge in [0, 0.05) is 40.8 Å². The Morgan fingerprint density at radius 1 is 1.29 bits per heavy atom. The van der Waals surface area contributed by atoms with Crippen molar-refractivity contribution < 1.29 is 0 Å². The Kier molecular flexibility index (Phi) is 4.56. The van der Waals surface area contributed by atoms with Crippen LogP contribution in [0.15, 0.2) is 58.3 Å². The first-order valence-electron chi connectivity index (χ1n) is 8.13. The molecule has 1 N–H and O–H groups in total. The fraction of sp³-hybridized carbons (Fsp3) is 0.250. The lowest BCUT2D eigenvalue weighted by Gasteiger charge is -2.07. The number of aliphatic imine (C=N–C) groups is 2. The van der Waals surface area contributed by atoms with Crippen LogP contribution in [-0.2, 0) is 0 Å². The number of hydrogen-bond acceptors (Lipinski definition) is 3. The first kappa shape index (κ1) is 16.1. The van der Waals surface area contributed by atoms with E-state index >= 15 is 0 Å². The predicted molar refractivity (Wildman–Crippen MR) is 103 cm³/mol. The van der Waals surface area contributed by atoms with Crippen molar-refractivity contribution in [2.75, 3.05) is 7.05 Å². The average molecular weight is 318 g/mol. The maximum Gasteiger partial charge on any atom is 0.138 e. The highest BCUT2D eigenvalue weighted by molar-refractivity contribution is 6.13. The van der Waals surface area contributed by atoms with E-state index in [9.17, 15) is 0 Å². The van der Waals surface area contributed by atoms with Crippen molar-refractivity contribution in [1.82, 2.24) is 9.97 Å². The molecule has 0 amide bonds. The summed E-state index contributed by atoms with van der Waals surface area (Å²) in [6.07, 6.45) is 4.74. The lowest BCUT2D eigenvalue weighted by Crippen LogP contribution is -2.00. The fourth-order valence-electron chi connectivity index (χ4n) is 2.89. The van der Waals surface area contributed by atoms with E-state index in [0.29, 0.717) is 5.92 Å². The van der Waals surface area contributed by atoms with Crippen molar-refractivity contribution in [2.45, 2.75) is 20.3 Å². The van der Waals surface area contributed by atoms with E-state index in [0.717, 1.165) is 39.9 Å². The molecule has 4 nitrogen and oxygen atoms in total. The highest BCUT2D eigenvalue weighted by Gasteiger charge is 2.09. The summed E-state index contributed by atoms with van der Waals surface area (Å²) in [7, 11) is 1.79. The number of hydrogen-bond donors (Lipinski definition) is 1. The third kappa shape index (κ3) is 3.13. The summed E-state index contributed by atoms with van der Waals surface area (Å²) in [5.74, 6) is 0.522. The molecule has 0 aliphatic carbocycles. The van der Waals surface area contributed by atoms with Crippen LogP contribution in [0.3, 0.4) is 0 Å². The van der Waals surface area contributed by atoms with Crippen molar-refractivity contribution in [3.8, 4) is 0 Å². The predicted octanol–water partition coefficient (Wildman–Crippen LogP) is 4.77. The highest BCUT2D eigenvalue weighted by Crippen LogP contribution is 2.25. The zero-order valence-corrected chi connectivity index (χ0v) is 14.4. The number of allylic oxidation sites excluding steroid dienone is 2. The number of H-pyrrole nitrogens is 1. The molecule has 0 atom stereocenters. The van der Waals surface area contributed by atoms with Crippen LogP contribution in [0, 0.1) is 5.92 Å². The third-order valence-electron chi connectivity index (χ3n) is 4.02. The Balaban J connectivity index is 2.08. The zero-order chi connectivity index (χ0) is 17.1. The second-order valence-electron chi connectivity index (χ2n) is 6.29. The van der Waals surface area contributed by atoms with E-state index in [1.165, 1.54) is 5.39 Å². The number of nitrogens with one attached hydrogen (secondary N) is 1. The SMILES string of the molecule is C=N/C(=C\C(=NC)c1cnc2[nH]c3ccccc3c2c1)CC(C)C. The number of aromatic amines is 1. The standard InChI is InChI=1S/C20H22N4/c1-13(2)9-15(21-3)11-19(22-4)14-10-17-16-7-5-6-8-18(16)24-20(17)23-12-14/h5-8,10-13H,3,9H2,1-2,4H3,(H,23,24)/b15-11-,22-19?. The van der Waals surface area contributed by atoms with Crippen molar-refractivity contribution in [3.63, 3.8) is 0 Å². The topological polar surface area (TPSA) is 53.4 Å². The monoisotopic (exact) mass is 318 g/mol. The molecule has 3 rings (SSSR count). The van der Waals surface area contributed by atoms with Crippen LogP contribution in [0.25, 0.3) is 21.9 Å². The van der Waals surface area contributed by atoms with Crippen LogP contribution in [0.2, 0.25) is 0 Å². The largest absolute Gasteiger partial charge is 0.339 e. The smallest absolute Gasteiger partial charge is 0.138 e. The van der Waals surface area contributed by atoms with E-state index in [1.54, 1.807) is 7.05 Å². The normalized spacial score (nSPS) is 13.2. The molecule has 0 aliphatic rings. The number of aromatic nitrogens is 2. The molecule has 0 fully saturated rings. The molecule has 0 aliphatic heterocycles. The maximum atomic E-state index is 4.57. The van der Waals surface area contributed by atoms with Gasteiger partial charge in [-0.05, 0) is 37.3 Å². The third-order valence-corrected chi connectivity index (χ3v) is 4.02. The van der Waals surface area contributed by atoms with Crippen LogP contribution in [-0.4, -0.2) is 29.4 Å². The van der Waals surface area contributed by atoms with Crippen LogP contribution < -0.4 is 0 Å². The van der Waals surface area contributed by atoms with Gasteiger partial charge in [0.05, 0.1) is 5.71 Å². The molecule has 2 aromatic heterocycles. The van der Waals surface area contributed by atoms with Gasteiger partial charge in [0.1, 0.15) is 5.65 Å². The average Bonchev–Trinajstić information content (AvgIpc) is 2.96. The van der Waals surface area contributed by atoms with Crippen LogP contribution in [0.5, 0.6) is 0 Å². The molecule has 0 saturated carbocycles. The number of para-hydroxylation sites is 1. The van der Waals surface area contributed by atoms with Gasteiger partial charge in [-0.3, -0.25) is 9.98 Å². The Bertz CT molecular complexity index is 945. The molecule has 0 spiro atoms. The van der Waals surface area contributed by atoms with Crippen LogP contribution in [0.1, 0.15) is 25.8 Å². The van der Waals surface area contributed by atoms with Crippen molar-refractivity contribution in [3.05, 3.63) is 53.9 Å². The van der Waals surface area contributed by atoms with Gasteiger partial charge in [-0.1, -0.05) is 32.0 Å². The minimum atomic E-state index is 0.522. The van der Waals surface area contributed by atoms with Gasteiger partial charge in [-0.15, -0.1) is 0 Å². The summed E-state index contributed by atoms with van der Waals surface area (Å²) < 4.78 is 0. The van der Waals surface area contributed by atoms with E-state index in [-0.39, 0.29) is 0 Å². The van der Waals surface area contributed by atoms with Gasteiger partial charge in [0.15, 0.2) is 0 Å². The zero-order valence-electron chi connectivity index (χ0n) is 14.4. The highest BCUT2D eigenvalue weighted by atomic mass is 14.9. The van der Waals surface area contributed by atoms with Crippen molar-refractivity contribution >= 4 is 34.4 Å². The lowest BCUT2D eigenvalue weighted by atomic mass is 10.0. The minimum Gasteiger partial charge on any atom is -0.339 e. The van der Waals surface area contributed by atoms with Gasteiger partial charge >= 0.3 is 0 Å². The molecular formula is C20H22N4. The summed E-state index contributed by atoms with van der Waals surface area (Å²) in [4.78, 5) is 16.5. The Hall–Kier alpha value is -2.75. The first-order chi connectivity index (χ1) is 11.6. The molecular weight excluding hydrogens is 296 g/mol. The molecule has 122 valence electrons. The van der Waals surface area contributed by atoms with Gasteiger partial charge in [-0.2, -0.15) is 0 Å². The minimum absolute atomic E-state index is 0.522. The Morgan fingerprint density at radius 2 is 2.08 bits per heavy atom. The summed E-state index contributed by atoms with van der Waals surface area (Å²) in [5, 5.41) is 2.28. The second kappa shape index (κ2) is 6.79. The number of nitrogens with zero attached hydrogens (tertiary/aromatic N) is 3. The number of fused-ring (bicyclic) bond motifs is 3. The number of pyridine rings is 1. The van der Waals surface area contributed by atoms with Gasteiger partial charge in [0.2, 0.25) is 0 Å². The number of rotatable bonds is 5. The molecule has 1 aromatic carbocycles. The Labute approximate surface area is 142 Å². The van der Waals surface area contributed by atoms with Crippen molar-refractivity contribution in [1.29, 1.82) is 0 Å². The molecule has 0 saturated heterocycles. The second-order valence-corrected chi connectivity index (χ2v) is 6.29. The van der Waals surface area contributed by atoms with E-state index in [4.69, 9.17) is 0 Å². The van der Waals surface area contributed by atoms with E-state index in [1.807, 2.05) is 24.4 Å². The maximum absolute atomic E-state index is 4.57. The molecule has 4 heteroatoms. The van der Waals surface area contributed by atoms with Crippen LogP contribution in [0.4, 0.5) is 0 Å². The summed E-state index contributed by atoms with van der Waals surface area (Å²) in [6, 6.07) is 10.4. The fourth-order valence-corrected chi connectivity index (χ4v) is 2.89. The number of benzene rings is 1. The molecule has 0 unspecified atom stereocenters. The Morgan fingerprint density at radius 3 is 2.79 bits per heavy atom. The molecule has 0 bridgehead atoms. The van der Waals surface area contributed by atoms with E-state index < -0.39 is 0 Å². The van der Waals surface area contributed by atoms with Gasteiger partial charge in [0.25, 0.3) is 0 Å². The molecule has 3 aromatic rings.